The average molecular weight is 1810 g/mol. The smallest absolute Gasteiger partial charge is 0.0547 e. The van der Waals surface area contributed by atoms with Crippen LogP contribution >= 0.6 is 0 Å². The number of para-hydroxylation sites is 6. The summed E-state index contributed by atoms with van der Waals surface area (Å²) in [5.41, 5.74) is 33.9. The van der Waals surface area contributed by atoms with Gasteiger partial charge in [-0.2, -0.15) is 0 Å². The van der Waals surface area contributed by atoms with Gasteiger partial charge in [-0.3, -0.25) is 0 Å². The van der Waals surface area contributed by atoms with Crippen molar-refractivity contribution >= 4 is 174 Å². The normalized spacial score (nSPS) is 11.8. The summed E-state index contributed by atoms with van der Waals surface area (Å²) in [6, 6.07) is 194. The van der Waals surface area contributed by atoms with Gasteiger partial charge in [0.25, 0.3) is 0 Å². The molecule has 6 heterocycles. The van der Waals surface area contributed by atoms with Crippen molar-refractivity contribution in [1.82, 2.24) is 27.4 Å². The minimum Gasteiger partial charge on any atom is -0.309 e. The molecule has 0 radical (unpaired) electrons. The van der Waals surface area contributed by atoms with E-state index in [9.17, 15) is 0 Å². The van der Waals surface area contributed by atoms with Crippen LogP contribution in [0.1, 0.15) is 0 Å². The highest BCUT2D eigenvalue weighted by Crippen LogP contribution is 2.48. The molecule has 0 amide bonds. The fourth-order valence-electron chi connectivity index (χ4n) is 23.0. The maximum Gasteiger partial charge on any atom is 0.0547 e. The van der Waals surface area contributed by atoms with Crippen LogP contribution in [0.4, 0.5) is 0 Å². The number of hydrogen-bond acceptors (Lipinski definition) is 0. The summed E-state index contributed by atoms with van der Waals surface area (Å²) in [7, 11) is 0. The van der Waals surface area contributed by atoms with Gasteiger partial charge < -0.3 is 27.4 Å². The molecule has 24 aromatic carbocycles. The second-order valence-corrected chi connectivity index (χ2v) is 37.4. The minimum absolute atomic E-state index is 1.16. The molecule has 0 saturated carbocycles. The van der Waals surface area contributed by atoms with Gasteiger partial charge in [0.2, 0.25) is 0 Å². The van der Waals surface area contributed by atoms with Gasteiger partial charge >= 0.3 is 0 Å². The molecule has 6 heteroatoms. The van der Waals surface area contributed by atoms with E-state index in [1.54, 1.807) is 0 Å². The summed E-state index contributed by atoms with van der Waals surface area (Å²) in [5, 5.41) is 25.2. The first-order valence-corrected chi connectivity index (χ1v) is 48.9. The highest BCUT2D eigenvalue weighted by molar-refractivity contribution is 6.22. The highest BCUT2D eigenvalue weighted by atomic mass is 15.0. The van der Waals surface area contributed by atoms with Crippen molar-refractivity contribution < 1.29 is 0 Å². The topological polar surface area (TPSA) is 29.6 Å². The van der Waals surface area contributed by atoms with Gasteiger partial charge in [0, 0.05) is 98.8 Å². The molecule has 0 bridgehead atoms. The van der Waals surface area contributed by atoms with Crippen LogP contribution in [0.3, 0.4) is 0 Å². The lowest BCUT2D eigenvalue weighted by molar-refractivity contribution is 1.18. The van der Waals surface area contributed by atoms with Gasteiger partial charge in [-0.25, -0.2) is 0 Å². The van der Waals surface area contributed by atoms with Gasteiger partial charge in [0.15, 0.2) is 0 Å². The van der Waals surface area contributed by atoms with Gasteiger partial charge in [0.1, 0.15) is 0 Å². The average Bonchev–Trinajstić information content (AvgIpc) is 1.57. The molecule has 6 aromatic heterocycles. The van der Waals surface area contributed by atoms with Crippen molar-refractivity contribution in [3.05, 3.63) is 534 Å². The predicted molar refractivity (Wildman–Crippen MR) is 603 cm³/mol. The van der Waals surface area contributed by atoms with Crippen LogP contribution in [-0.4, -0.2) is 27.4 Å². The summed E-state index contributed by atoms with van der Waals surface area (Å²) < 4.78 is 14.5. The van der Waals surface area contributed by atoms with Crippen LogP contribution in [0.15, 0.2) is 534 Å². The molecule has 0 saturated heterocycles. The van der Waals surface area contributed by atoms with Crippen molar-refractivity contribution in [2.45, 2.75) is 0 Å². The molecule has 0 atom stereocenters. The zero-order chi connectivity index (χ0) is 93.4. The number of fused-ring (bicyclic) bond motifs is 22. The van der Waals surface area contributed by atoms with E-state index in [1.165, 1.54) is 252 Å². The Morgan fingerprint density at radius 1 is 0.0986 bits per heavy atom. The van der Waals surface area contributed by atoms with Gasteiger partial charge in [-0.15, -0.1) is 0 Å². The Kier molecular flexibility index (Phi) is 19.2. The maximum absolute atomic E-state index is 2.42. The van der Waals surface area contributed by atoms with Crippen LogP contribution in [0.25, 0.3) is 264 Å². The largest absolute Gasteiger partial charge is 0.309 e. The van der Waals surface area contributed by atoms with Crippen LogP contribution in [0, 0.1) is 0 Å². The summed E-state index contributed by atoms with van der Waals surface area (Å²) in [5.74, 6) is 0. The van der Waals surface area contributed by atoms with Crippen molar-refractivity contribution in [1.29, 1.82) is 0 Å². The second-order valence-electron chi connectivity index (χ2n) is 37.4. The Balaban J connectivity index is 0.000000104. The van der Waals surface area contributed by atoms with Gasteiger partial charge in [0.05, 0.1) is 66.2 Å². The van der Waals surface area contributed by atoms with E-state index in [1.807, 2.05) is 0 Å². The van der Waals surface area contributed by atoms with E-state index in [0.29, 0.717) is 0 Å². The standard InChI is InChI=1S/2C46H30N2.C44H28N2/c1-2-11-31(12-3-1)33-21-25-36(26-22-33)47-43-19-9-7-16-40(43)46-38(17-10-20-45(46)47)35-24-28-44-41(30-35)39-15-6-8-18-42(39)48(44)37-27-23-32-13-4-5-14-34(32)29-37;1-2-11-31(12-3-1)33-21-25-36(26-22-33)47-42-18-8-6-15-39(42)41-30-35(24-28-44(41)47)38-17-10-20-45-46(38)40-16-7-9-19-43(40)48(45)37-27-23-32-13-4-5-14-34(32)29-37;1-3-12-31-26-34(23-20-29(31)10-1)45-40-17-7-5-14-37(40)39-28-33(22-25-42(39)45)36-16-9-19-43-44(36)38-15-6-8-18-41(38)46(43)35-24-21-30-11-2-4-13-32(30)27-35/h2*1-30H;1-28H. The Labute approximate surface area is 819 Å². The molecule has 30 rings (SSSR count). The van der Waals surface area contributed by atoms with Gasteiger partial charge in [-0.1, -0.05) is 370 Å². The zero-order valence-corrected chi connectivity index (χ0v) is 77.5. The fourth-order valence-corrected chi connectivity index (χ4v) is 23.0. The minimum atomic E-state index is 1.16. The van der Waals surface area contributed by atoms with E-state index >= 15 is 0 Å². The number of nitrogens with zero attached hydrogens (tertiary/aromatic N) is 6. The van der Waals surface area contributed by atoms with E-state index < -0.39 is 0 Å². The second kappa shape index (κ2) is 33.5. The third-order valence-corrected chi connectivity index (χ3v) is 29.5. The number of benzene rings is 24. The lowest BCUT2D eigenvalue weighted by atomic mass is 9.98. The summed E-state index contributed by atoms with van der Waals surface area (Å²) in [4.78, 5) is 0. The molecular formula is C136H88N6. The van der Waals surface area contributed by atoms with Crippen molar-refractivity contribution in [2.75, 3.05) is 0 Å². The van der Waals surface area contributed by atoms with E-state index in [4.69, 9.17) is 0 Å². The van der Waals surface area contributed by atoms with E-state index in [-0.39, 0.29) is 0 Å². The highest BCUT2D eigenvalue weighted by Gasteiger charge is 2.25. The first-order valence-electron chi connectivity index (χ1n) is 48.9. The predicted octanol–water partition coefficient (Wildman–Crippen LogP) is 36.6. The fraction of sp³-hybridized carbons (Fsp3) is 0. The molecule has 30 aromatic rings. The molecule has 142 heavy (non-hydrogen) atoms. The number of aromatic nitrogens is 6. The van der Waals surface area contributed by atoms with Crippen LogP contribution < -0.4 is 0 Å². The van der Waals surface area contributed by atoms with Crippen LogP contribution in [0.2, 0.25) is 0 Å². The zero-order valence-electron chi connectivity index (χ0n) is 77.5. The van der Waals surface area contributed by atoms with Crippen LogP contribution in [-0.2, 0) is 0 Å². The Morgan fingerprint density at radius 2 is 0.296 bits per heavy atom. The number of rotatable bonds is 11. The molecule has 0 aliphatic heterocycles. The number of hydrogen-bond donors (Lipinski definition) is 0. The molecule has 0 fully saturated rings. The van der Waals surface area contributed by atoms with Gasteiger partial charge in [-0.05, 0) is 263 Å². The molecule has 0 unspecified atom stereocenters. The quantitative estimate of drug-likeness (QED) is 0.124. The molecule has 662 valence electrons. The maximum atomic E-state index is 2.42. The van der Waals surface area contributed by atoms with Crippen LogP contribution in [0.5, 0.6) is 0 Å². The summed E-state index contributed by atoms with van der Waals surface area (Å²) in [6.07, 6.45) is 0. The van der Waals surface area contributed by atoms with E-state index in [0.717, 1.165) is 11.4 Å². The molecule has 0 N–H and O–H groups in total. The lowest BCUT2D eigenvalue weighted by Crippen LogP contribution is -1.94. The first kappa shape index (κ1) is 81.5. The van der Waals surface area contributed by atoms with E-state index in [2.05, 4.69) is 561 Å². The summed E-state index contributed by atoms with van der Waals surface area (Å²) >= 11 is 0. The third kappa shape index (κ3) is 13.5. The van der Waals surface area contributed by atoms with Crippen molar-refractivity contribution in [2.24, 2.45) is 0 Å². The first-order chi connectivity index (χ1) is 70.4. The third-order valence-electron chi connectivity index (χ3n) is 29.5. The Bertz CT molecular complexity index is 10300. The SMILES string of the molecule is c1ccc(-c2ccc(-n3c4ccccc4c4c(-c5ccc6c(c5)c5ccccc5n6-c5ccc6ccccc6c5)cccc43)cc2)cc1.c1ccc(-c2ccc(-n3c4ccccc4c4cc(-c5cccc6c5c5ccccc5n6-c5ccc6ccccc6c5)ccc43)cc2)cc1.c1ccc2cc(-n3c4ccccc4c4cc(-c5cccc6c5c5ccccc5n6-c5ccc6ccccc6c5)ccc43)ccc2c1. The molecule has 6 nitrogen and oxygen atoms in total. The Hall–Kier alpha value is -18.9. The molecular weight excluding hydrogens is 1720 g/mol. The molecule has 0 spiro atoms. The van der Waals surface area contributed by atoms with Crippen molar-refractivity contribution in [3.8, 4) is 89.8 Å². The summed E-state index contributed by atoms with van der Waals surface area (Å²) in [6.45, 7) is 0. The molecule has 0 aliphatic carbocycles. The molecule has 0 aliphatic rings. The van der Waals surface area contributed by atoms with Crippen molar-refractivity contribution in [3.63, 3.8) is 0 Å². The lowest BCUT2D eigenvalue weighted by Gasteiger charge is -2.11. The Morgan fingerprint density at radius 3 is 0.592 bits per heavy atom. The monoisotopic (exact) mass is 1800 g/mol.